The molecule has 0 saturated carbocycles. The molecule has 9 nitrogen and oxygen atoms in total. The van der Waals surface area contributed by atoms with Crippen LogP contribution in [0.4, 0.5) is 0 Å². The predicted molar refractivity (Wildman–Crippen MR) is 77.5 cm³/mol. The number of rotatable bonds is 8. The van der Waals surface area contributed by atoms with Gasteiger partial charge in [-0.3, -0.25) is 0 Å². The zero-order valence-corrected chi connectivity index (χ0v) is 12.4. The van der Waals surface area contributed by atoms with E-state index in [0.29, 0.717) is 0 Å². The van der Waals surface area contributed by atoms with E-state index in [1.165, 1.54) is 31.3 Å². The van der Waals surface area contributed by atoms with E-state index in [0.717, 1.165) is 0 Å². The number of aliphatic hydroxyl groups is 5. The maximum Gasteiger partial charge on any atom is 0.344 e. The molecule has 9 heteroatoms. The van der Waals surface area contributed by atoms with Gasteiger partial charge >= 0.3 is 5.97 Å². The molecule has 0 aliphatic carbocycles. The number of benzene rings is 1. The van der Waals surface area contributed by atoms with Gasteiger partial charge < -0.3 is 40.7 Å². The molecule has 0 aromatic heterocycles. The molecule has 130 valence electrons. The lowest BCUT2D eigenvalue weighted by molar-refractivity contribution is -0.189. The van der Waals surface area contributed by atoms with Crippen LogP contribution in [0.5, 0.6) is 5.75 Å². The smallest absolute Gasteiger partial charge is 0.344 e. The van der Waals surface area contributed by atoms with Gasteiger partial charge in [-0.2, -0.15) is 0 Å². The summed E-state index contributed by atoms with van der Waals surface area (Å²) in [5.74, 6) is -1.52. The Morgan fingerprint density at radius 3 is 2.26 bits per heavy atom. The Labute approximate surface area is 132 Å². The molecule has 1 aromatic carbocycles. The van der Waals surface area contributed by atoms with Gasteiger partial charge in [-0.25, -0.2) is 4.79 Å². The first kappa shape index (κ1) is 19.3. The van der Waals surface area contributed by atoms with E-state index in [2.05, 4.69) is 10.1 Å². The number of para-hydroxylation sites is 1. The fraction of sp³-hybridized carbons (Fsp3) is 0.500. The third-order valence-corrected chi connectivity index (χ3v) is 3.15. The van der Waals surface area contributed by atoms with Gasteiger partial charge in [0.25, 0.3) is 0 Å². The summed E-state index contributed by atoms with van der Waals surface area (Å²) in [4.78, 5) is 11.8. The Morgan fingerprint density at radius 1 is 1.09 bits per heavy atom. The number of likely N-dealkylation sites (N-methyl/N-ethyl adjacent to an activating group) is 1. The molecule has 0 bridgehead atoms. The number of aliphatic hydroxyl groups excluding tert-OH is 5. The van der Waals surface area contributed by atoms with E-state index in [1.807, 2.05) is 0 Å². The van der Waals surface area contributed by atoms with Crippen LogP contribution in [0.15, 0.2) is 24.3 Å². The van der Waals surface area contributed by atoms with Crippen molar-refractivity contribution in [2.75, 3.05) is 13.6 Å². The van der Waals surface area contributed by atoms with Crippen molar-refractivity contribution in [3.63, 3.8) is 0 Å². The summed E-state index contributed by atoms with van der Waals surface area (Å²) in [6.07, 6.45) is -9.40. The van der Waals surface area contributed by atoms with Crippen molar-refractivity contribution >= 4 is 5.97 Å². The number of nitrogens with one attached hydrogen (secondary N) is 1. The molecule has 0 spiro atoms. The van der Waals surface area contributed by atoms with Crippen molar-refractivity contribution < 1.29 is 40.2 Å². The fourth-order valence-electron chi connectivity index (χ4n) is 1.82. The van der Waals surface area contributed by atoms with Gasteiger partial charge in [-0.1, -0.05) is 12.1 Å². The van der Waals surface area contributed by atoms with Gasteiger partial charge in [0.05, 0.1) is 6.10 Å². The van der Waals surface area contributed by atoms with E-state index in [4.69, 9.17) is 0 Å². The Kier molecular flexibility index (Phi) is 7.36. The highest BCUT2D eigenvalue weighted by molar-refractivity contribution is 5.92. The molecule has 0 saturated heterocycles. The van der Waals surface area contributed by atoms with Gasteiger partial charge in [0.15, 0.2) is 0 Å². The van der Waals surface area contributed by atoms with Gasteiger partial charge in [0, 0.05) is 6.54 Å². The van der Waals surface area contributed by atoms with Crippen LogP contribution in [0.2, 0.25) is 0 Å². The molecule has 0 aliphatic heterocycles. The Hall–Kier alpha value is -1.75. The minimum atomic E-state index is -2.17. The first-order valence-corrected chi connectivity index (χ1v) is 6.83. The van der Waals surface area contributed by atoms with E-state index in [9.17, 15) is 35.4 Å². The Balaban J connectivity index is 2.67. The molecule has 7 N–H and O–H groups in total. The number of esters is 1. The molecule has 0 heterocycles. The number of aromatic hydroxyl groups is 1. The molecule has 0 aliphatic rings. The molecule has 0 amide bonds. The summed E-state index contributed by atoms with van der Waals surface area (Å²) in [6.45, 7) is -0.0707. The van der Waals surface area contributed by atoms with Crippen LogP contribution < -0.4 is 5.32 Å². The molecule has 1 rings (SSSR count). The van der Waals surface area contributed by atoms with Crippen molar-refractivity contribution in [3.8, 4) is 5.75 Å². The number of phenolic OH excluding ortho intramolecular Hbond substituents is 1. The Morgan fingerprint density at radius 2 is 1.70 bits per heavy atom. The molecule has 23 heavy (non-hydrogen) atoms. The lowest BCUT2D eigenvalue weighted by atomic mass is 10.0. The third kappa shape index (κ3) is 5.13. The number of carbonyl (C=O) groups excluding carboxylic acids is 1. The summed E-state index contributed by atoms with van der Waals surface area (Å²) in [5.41, 5.74) is -0.246. The SMILES string of the molecule is CNCC(O)C(O)C(O)C(O)C(O)OC(=O)c1ccccc1O. The monoisotopic (exact) mass is 331 g/mol. The zero-order chi connectivity index (χ0) is 17.6. The van der Waals surface area contributed by atoms with Crippen LogP contribution in [0, 0.1) is 0 Å². The molecule has 5 unspecified atom stereocenters. The summed E-state index contributed by atoms with van der Waals surface area (Å²) < 4.78 is 4.53. The maximum atomic E-state index is 11.8. The number of carbonyl (C=O) groups is 1. The summed E-state index contributed by atoms with van der Waals surface area (Å²) in [7, 11) is 1.50. The van der Waals surface area contributed by atoms with Gasteiger partial charge in [-0.05, 0) is 19.2 Å². The van der Waals surface area contributed by atoms with Gasteiger partial charge in [0.2, 0.25) is 6.29 Å². The topological polar surface area (TPSA) is 160 Å². The lowest BCUT2D eigenvalue weighted by Crippen LogP contribution is -2.52. The van der Waals surface area contributed by atoms with Crippen molar-refractivity contribution in [2.24, 2.45) is 0 Å². The quantitative estimate of drug-likeness (QED) is 0.202. The summed E-state index contributed by atoms with van der Waals surface area (Å²) >= 11 is 0. The number of ether oxygens (including phenoxy) is 1. The molecule has 1 aromatic rings. The fourth-order valence-corrected chi connectivity index (χ4v) is 1.82. The number of phenols is 1. The standard InChI is InChI=1S/C14H21NO8/c1-15-6-9(17)10(18)11(19)12(20)14(22)23-13(21)7-4-2-3-5-8(7)16/h2-5,9-12,14-20,22H,6H2,1H3. The van der Waals surface area contributed by atoms with Crippen molar-refractivity contribution in [1.29, 1.82) is 0 Å². The second kappa shape index (κ2) is 8.77. The Bertz CT molecular complexity index is 511. The van der Waals surface area contributed by atoms with E-state index < -0.39 is 36.7 Å². The van der Waals surface area contributed by atoms with Crippen LogP contribution in [0.3, 0.4) is 0 Å². The van der Waals surface area contributed by atoms with Crippen LogP contribution in [0.25, 0.3) is 0 Å². The maximum absolute atomic E-state index is 11.8. The van der Waals surface area contributed by atoms with E-state index in [-0.39, 0.29) is 17.9 Å². The van der Waals surface area contributed by atoms with Gasteiger partial charge in [-0.15, -0.1) is 0 Å². The molecule has 0 fully saturated rings. The molecule has 5 atom stereocenters. The molecular formula is C14H21NO8. The highest BCUT2D eigenvalue weighted by atomic mass is 16.6. The second-order valence-electron chi connectivity index (χ2n) is 4.91. The molecular weight excluding hydrogens is 310 g/mol. The third-order valence-electron chi connectivity index (χ3n) is 3.15. The van der Waals surface area contributed by atoms with Crippen molar-refractivity contribution in [2.45, 2.75) is 30.7 Å². The van der Waals surface area contributed by atoms with Crippen LogP contribution in [-0.4, -0.2) is 80.9 Å². The predicted octanol–water partition coefficient (Wildman–Crippen LogP) is -2.47. The van der Waals surface area contributed by atoms with Crippen LogP contribution in [-0.2, 0) is 4.74 Å². The average molecular weight is 331 g/mol. The normalized spacial score (nSPS) is 17.8. The summed E-state index contributed by atoms with van der Waals surface area (Å²) in [6, 6.07) is 5.39. The minimum absolute atomic E-state index is 0.0707. The van der Waals surface area contributed by atoms with Gasteiger partial charge in [0.1, 0.15) is 29.6 Å². The first-order valence-electron chi connectivity index (χ1n) is 6.83. The first-order chi connectivity index (χ1) is 10.8. The lowest BCUT2D eigenvalue weighted by Gasteiger charge is -2.28. The number of hydrogen-bond donors (Lipinski definition) is 7. The average Bonchev–Trinajstić information content (AvgIpc) is 2.53. The highest BCUT2D eigenvalue weighted by Crippen LogP contribution is 2.18. The number of hydrogen-bond acceptors (Lipinski definition) is 9. The highest BCUT2D eigenvalue weighted by Gasteiger charge is 2.36. The van der Waals surface area contributed by atoms with Crippen molar-refractivity contribution in [1.82, 2.24) is 5.32 Å². The molecule has 0 radical (unpaired) electrons. The minimum Gasteiger partial charge on any atom is -0.507 e. The van der Waals surface area contributed by atoms with Crippen molar-refractivity contribution in [3.05, 3.63) is 29.8 Å². The van der Waals surface area contributed by atoms with E-state index in [1.54, 1.807) is 0 Å². The van der Waals surface area contributed by atoms with Crippen LogP contribution in [0.1, 0.15) is 10.4 Å². The van der Waals surface area contributed by atoms with E-state index >= 15 is 0 Å². The second-order valence-corrected chi connectivity index (χ2v) is 4.91. The summed E-state index contributed by atoms with van der Waals surface area (Å²) in [5, 5.41) is 60.2. The largest absolute Gasteiger partial charge is 0.507 e. The zero-order valence-electron chi connectivity index (χ0n) is 12.4. The van der Waals surface area contributed by atoms with Crippen LogP contribution >= 0.6 is 0 Å².